The Morgan fingerprint density at radius 3 is 2.59 bits per heavy atom. The van der Waals surface area contributed by atoms with Gasteiger partial charge < -0.3 is 15.0 Å². The van der Waals surface area contributed by atoms with Crippen molar-refractivity contribution in [3.8, 4) is 5.75 Å². The van der Waals surface area contributed by atoms with Gasteiger partial charge in [0.15, 0.2) is 0 Å². The highest BCUT2D eigenvalue weighted by Gasteiger charge is 2.26. The van der Waals surface area contributed by atoms with Crippen LogP contribution in [0.3, 0.4) is 0 Å². The molecule has 0 aromatic heterocycles. The Labute approximate surface area is 171 Å². The molecule has 152 valence electrons. The molecule has 4 rings (SSSR count). The van der Waals surface area contributed by atoms with Gasteiger partial charge >= 0.3 is 0 Å². The summed E-state index contributed by atoms with van der Waals surface area (Å²) < 4.78 is 5.57. The van der Waals surface area contributed by atoms with Crippen molar-refractivity contribution in [2.45, 2.75) is 25.9 Å². The number of hydrogen-bond donors (Lipinski definition) is 1. The number of fused-ring (bicyclic) bond motifs is 1. The zero-order valence-corrected chi connectivity index (χ0v) is 16.8. The van der Waals surface area contributed by atoms with E-state index in [4.69, 9.17) is 4.74 Å². The predicted molar refractivity (Wildman–Crippen MR) is 111 cm³/mol. The lowest BCUT2D eigenvalue weighted by molar-refractivity contribution is -0.134. The molecule has 1 fully saturated rings. The molecule has 6 nitrogen and oxygen atoms in total. The fraction of sp³-hybridized carbons (Fsp3) is 0.391. The topological polar surface area (TPSA) is 61.9 Å². The van der Waals surface area contributed by atoms with Crippen molar-refractivity contribution < 1.29 is 14.3 Å². The average molecular weight is 393 g/mol. The second kappa shape index (κ2) is 8.66. The summed E-state index contributed by atoms with van der Waals surface area (Å²) in [6.07, 6.45) is 0.984. The second-order valence-electron chi connectivity index (χ2n) is 7.70. The molecule has 2 aromatic carbocycles. The lowest BCUT2D eigenvalue weighted by atomic mass is 10.1. The summed E-state index contributed by atoms with van der Waals surface area (Å²) in [7, 11) is 0. The maximum absolute atomic E-state index is 12.7. The Kier molecular flexibility index (Phi) is 5.81. The van der Waals surface area contributed by atoms with Gasteiger partial charge in [-0.1, -0.05) is 30.3 Å². The third-order valence-electron chi connectivity index (χ3n) is 5.60. The summed E-state index contributed by atoms with van der Waals surface area (Å²) in [5.74, 6) is 0.769. The molecule has 2 aliphatic rings. The van der Waals surface area contributed by atoms with E-state index in [0.29, 0.717) is 18.7 Å². The normalized spacial score (nSPS) is 17.3. The van der Waals surface area contributed by atoms with Gasteiger partial charge in [0.05, 0.1) is 6.61 Å². The molecule has 0 saturated carbocycles. The smallest absolute Gasteiger partial charge is 0.251 e. The summed E-state index contributed by atoms with van der Waals surface area (Å²) in [6, 6.07) is 14.9. The summed E-state index contributed by atoms with van der Waals surface area (Å²) in [4.78, 5) is 29.2. The molecule has 2 aliphatic heterocycles. The number of hydrogen-bond acceptors (Lipinski definition) is 4. The molecular weight excluding hydrogens is 366 g/mol. The van der Waals surface area contributed by atoms with Crippen LogP contribution in [-0.4, -0.2) is 60.4 Å². The quantitative estimate of drug-likeness (QED) is 0.845. The summed E-state index contributed by atoms with van der Waals surface area (Å²) in [6.45, 7) is 6.44. The number of benzene rings is 2. The van der Waals surface area contributed by atoms with Crippen LogP contribution in [0.5, 0.6) is 5.75 Å². The van der Waals surface area contributed by atoms with Crippen LogP contribution in [0.1, 0.15) is 28.4 Å². The van der Waals surface area contributed by atoms with Crippen LogP contribution in [0, 0.1) is 0 Å². The zero-order chi connectivity index (χ0) is 20.2. The largest absolute Gasteiger partial charge is 0.493 e. The first-order chi connectivity index (χ1) is 14.1. The van der Waals surface area contributed by atoms with Crippen LogP contribution in [0.4, 0.5) is 0 Å². The summed E-state index contributed by atoms with van der Waals surface area (Å²) in [5.41, 5.74) is 3.15. The first-order valence-electron chi connectivity index (χ1n) is 10.2. The highest BCUT2D eigenvalue weighted by Crippen LogP contribution is 2.26. The van der Waals surface area contributed by atoms with E-state index in [1.165, 1.54) is 11.1 Å². The van der Waals surface area contributed by atoms with Crippen LogP contribution in [0.15, 0.2) is 48.5 Å². The Morgan fingerprint density at radius 1 is 1.07 bits per heavy atom. The standard InChI is InChI=1S/C23H27N3O3/c1-17(24-22(27)19-5-3-2-4-6-19)23(28)26-12-10-25(11-13-26)16-18-7-8-21-20(15-18)9-14-29-21/h2-8,15,17H,9-14,16H2,1H3,(H,24,27)/t17-/m0/s1. The van der Waals surface area contributed by atoms with Crippen molar-refractivity contribution in [1.82, 2.24) is 15.1 Å². The van der Waals surface area contributed by atoms with Crippen molar-refractivity contribution in [2.24, 2.45) is 0 Å². The lowest BCUT2D eigenvalue weighted by Gasteiger charge is -2.36. The molecule has 0 bridgehead atoms. The van der Waals surface area contributed by atoms with Gasteiger partial charge in [-0.25, -0.2) is 0 Å². The average Bonchev–Trinajstić information content (AvgIpc) is 3.22. The molecular formula is C23H27N3O3. The van der Waals surface area contributed by atoms with E-state index in [1.807, 2.05) is 23.1 Å². The van der Waals surface area contributed by atoms with Crippen LogP contribution in [-0.2, 0) is 17.8 Å². The van der Waals surface area contributed by atoms with Crippen molar-refractivity contribution in [1.29, 1.82) is 0 Å². The maximum atomic E-state index is 12.7. The molecule has 1 saturated heterocycles. The molecule has 1 N–H and O–H groups in total. The SMILES string of the molecule is C[C@H](NC(=O)c1ccccc1)C(=O)N1CCN(Cc2ccc3c(c2)CCO3)CC1. The number of ether oxygens (including phenoxy) is 1. The van der Waals surface area contributed by atoms with E-state index in [0.717, 1.165) is 38.4 Å². The minimum absolute atomic E-state index is 0.0244. The van der Waals surface area contributed by atoms with E-state index < -0.39 is 6.04 Å². The number of nitrogens with zero attached hydrogens (tertiary/aromatic N) is 2. The molecule has 29 heavy (non-hydrogen) atoms. The van der Waals surface area contributed by atoms with Gasteiger partial charge in [0.25, 0.3) is 5.91 Å². The van der Waals surface area contributed by atoms with E-state index in [-0.39, 0.29) is 11.8 Å². The minimum atomic E-state index is -0.536. The molecule has 2 aromatic rings. The minimum Gasteiger partial charge on any atom is -0.493 e. The van der Waals surface area contributed by atoms with Gasteiger partial charge in [-0.15, -0.1) is 0 Å². The number of carbonyl (C=O) groups is 2. The Morgan fingerprint density at radius 2 is 1.83 bits per heavy atom. The molecule has 0 aliphatic carbocycles. The van der Waals surface area contributed by atoms with Crippen LogP contribution >= 0.6 is 0 Å². The third kappa shape index (κ3) is 4.59. The van der Waals surface area contributed by atoms with Crippen LogP contribution < -0.4 is 10.1 Å². The van der Waals surface area contributed by atoms with E-state index in [2.05, 4.69) is 28.4 Å². The predicted octanol–water partition coefficient (Wildman–Crippen LogP) is 2.08. The summed E-state index contributed by atoms with van der Waals surface area (Å²) >= 11 is 0. The number of piperazine rings is 1. The van der Waals surface area contributed by atoms with E-state index in [1.54, 1.807) is 19.1 Å². The maximum Gasteiger partial charge on any atom is 0.251 e. The monoisotopic (exact) mass is 393 g/mol. The Balaban J connectivity index is 1.26. The summed E-state index contributed by atoms with van der Waals surface area (Å²) in [5, 5.41) is 2.81. The van der Waals surface area contributed by atoms with Gasteiger partial charge in [0.2, 0.25) is 5.91 Å². The second-order valence-corrected chi connectivity index (χ2v) is 7.70. The molecule has 6 heteroatoms. The number of nitrogens with one attached hydrogen (secondary N) is 1. The van der Waals surface area contributed by atoms with Crippen molar-refractivity contribution >= 4 is 11.8 Å². The Bertz CT molecular complexity index is 876. The third-order valence-corrected chi connectivity index (χ3v) is 5.60. The van der Waals surface area contributed by atoms with Gasteiger partial charge in [0, 0.05) is 44.7 Å². The molecule has 1 atom stereocenters. The molecule has 2 heterocycles. The number of amides is 2. The van der Waals surface area contributed by atoms with Gasteiger partial charge in [0.1, 0.15) is 11.8 Å². The fourth-order valence-electron chi connectivity index (χ4n) is 3.93. The number of rotatable bonds is 5. The molecule has 2 amide bonds. The number of carbonyl (C=O) groups excluding carboxylic acids is 2. The van der Waals surface area contributed by atoms with E-state index >= 15 is 0 Å². The van der Waals surface area contributed by atoms with E-state index in [9.17, 15) is 9.59 Å². The molecule has 0 unspecified atom stereocenters. The first-order valence-corrected chi connectivity index (χ1v) is 10.2. The zero-order valence-electron chi connectivity index (χ0n) is 16.8. The first kappa shape index (κ1) is 19.5. The van der Waals surface area contributed by atoms with Crippen LogP contribution in [0.25, 0.3) is 0 Å². The van der Waals surface area contributed by atoms with Gasteiger partial charge in [-0.3, -0.25) is 14.5 Å². The lowest BCUT2D eigenvalue weighted by Crippen LogP contribution is -2.53. The van der Waals surface area contributed by atoms with Crippen molar-refractivity contribution in [3.63, 3.8) is 0 Å². The van der Waals surface area contributed by atoms with Gasteiger partial charge in [-0.05, 0) is 36.2 Å². The van der Waals surface area contributed by atoms with Gasteiger partial charge in [-0.2, -0.15) is 0 Å². The van der Waals surface area contributed by atoms with Crippen molar-refractivity contribution in [3.05, 3.63) is 65.2 Å². The molecule has 0 spiro atoms. The van der Waals surface area contributed by atoms with Crippen molar-refractivity contribution in [2.75, 3.05) is 32.8 Å². The highest BCUT2D eigenvalue weighted by molar-refractivity contribution is 5.97. The van der Waals surface area contributed by atoms with Crippen LogP contribution in [0.2, 0.25) is 0 Å². The fourth-order valence-corrected chi connectivity index (χ4v) is 3.93. The molecule has 0 radical (unpaired) electrons. The highest BCUT2D eigenvalue weighted by atomic mass is 16.5. The Hall–Kier alpha value is -2.86.